The largest absolute Gasteiger partial charge is 0.384 e. The summed E-state index contributed by atoms with van der Waals surface area (Å²) in [5.41, 5.74) is 2.49. The second-order valence-electron chi connectivity index (χ2n) is 8.62. The van der Waals surface area contributed by atoms with Crippen LogP contribution in [-0.4, -0.2) is 13.7 Å². The van der Waals surface area contributed by atoms with Gasteiger partial charge in [0.2, 0.25) is 0 Å². The van der Waals surface area contributed by atoms with E-state index in [4.69, 9.17) is 4.74 Å². The zero-order valence-electron chi connectivity index (χ0n) is 19.3. The van der Waals surface area contributed by atoms with Crippen molar-refractivity contribution in [2.75, 3.05) is 13.7 Å². The minimum absolute atomic E-state index is 0.0324. The lowest BCUT2D eigenvalue weighted by Gasteiger charge is -2.11. The summed E-state index contributed by atoms with van der Waals surface area (Å²) < 4.78 is 75.5. The molecule has 1 nitrogen and oxygen atoms in total. The van der Waals surface area contributed by atoms with E-state index in [1.54, 1.807) is 24.3 Å². The van der Waals surface area contributed by atoms with Gasteiger partial charge in [-0.1, -0.05) is 36.4 Å². The van der Waals surface area contributed by atoms with Gasteiger partial charge in [-0.2, -0.15) is 0 Å². The molecule has 4 rings (SSSR count). The van der Waals surface area contributed by atoms with E-state index in [1.165, 1.54) is 25.3 Å². The molecule has 35 heavy (non-hydrogen) atoms. The average molecular weight is 485 g/mol. The van der Waals surface area contributed by atoms with Crippen LogP contribution in [-0.2, 0) is 36.8 Å². The lowest BCUT2D eigenvalue weighted by Crippen LogP contribution is -2.03. The summed E-state index contributed by atoms with van der Waals surface area (Å²) in [5.74, 6) is -3.34. The van der Waals surface area contributed by atoms with Gasteiger partial charge in [0.05, 0.1) is 6.61 Å². The molecule has 0 radical (unpaired) electrons. The van der Waals surface area contributed by atoms with Crippen LogP contribution in [0.3, 0.4) is 0 Å². The third kappa shape index (κ3) is 5.88. The number of hydrogen-bond donors (Lipinski definition) is 0. The highest BCUT2D eigenvalue weighted by Gasteiger charge is 2.13. The maximum absolute atomic E-state index is 15.1. The van der Waals surface area contributed by atoms with Crippen LogP contribution in [0.4, 0.5) is 22.0 Å². The van der Waals surface area contributed by atoms with E-state index in [0.717, 1.165) is 17.7 Å². The standard InChI is InChI=1S/C29H25F5O/c1-35-13-12-20-16-26(31)24(27(32)17-20)10-4-18-3-9-23-22(14-18)8-7-21(29(23)34)6-2-19-5-11-25(30)28(33)15-19/h3,5,7-9,11,14-17H,2,4,6,10,12-13H2,1H3. The molecular formula is C29H25F5O. The van der Waals surface area contributed by atoms with Crippen LogP contribution in [0.25, 0.3) is 10.8 Å². The number of benzene rings is 4. The molecule has 0 unspecified atom stereocenters. The number of fused-ring (bicyclic) bond motifs is 1. The number of halogens is 5. The minimum atomic E-state index is -0.921. The van der Waals surface area contributed by atoms with Gasteiger partial charge in [0.15, 0.2) is 11.6 Å². The Kier molecular flexibility index (Phi) is 7.81. The van der Waals surface area contributed by atoms with Crippen molar-refractivity contribution in [2.45, 2.75) is 32.1 Å². The van der Waals surface area contributed by atoms with E-state index in [1.807, 2.05) is 6.07 Å². The molecule has 0 bridgehead atoms. The van der Waals surface area contributed by atoms with Crippen molar-refractivity contribution in [2.24, 2.45) is 0 Å². The van der Waals surface area contributed by atoms with Gasteiger partial charge in [0, 0.05) is 18.1 Å². The summed E-state index contributed by atoms with van der Waals surface area (Å²) in [6.45, 7) is 0.387. The Morgan fingerprint density at radius 2 is 1.23 bits per heavy atom. The quantitative estimate of drug-likeness (QED) is 0.227. The summed E-state index contributed by atoms with van der Waals surface area (Å²) in [4.78, 5) is 0. The molecule has 4 aromatic carbocycles. The minimum Gasteiger partial charge on any atom is -0.384 e. The van der Waals surface area contributed by atoms with Crippen LogP contribution in [0.5, 0.6) is 0 Å². The van der Waals surface area contributed by atoms with Gasteiger partial charge in [-0.15, -0.1) is 0 Å². The molecule has 0 saturated carbocycles. The number of hydrogen-bond acceptors (Lipinski definition) is 1. The van der Waals surface area contributed by atoms with Gasteiger partial charge in [0.25, 0.3) is 0 Å². The molecule has 0 amide bonds. The summed E-state index contributed by atoms with van der Waals surface area (Å²) in [7, 11) is 1.54. The Labute approximate surface area is 201 Å². The first-order chi connectivity index (χ1) is 16.9. The molecular weight excluding hydrogens is 459 g/mol. The Hall–Kier alpha value is -3.25. The second-order valence-corrected chi connectivity index (χ2v) is 8.62. The zero-order valence-corrected chi connectivity index (χ0v) is 19.3. The molecule has 0 fully saturated rings. The van der Waals surface area contributed by atoms with Crippen molar-refractivity contribution in [1.82, 2.24) is 0 Å². The third-order valence-electron chi connectivity index (χ3n) is 6.22. The Balaban J connectivity index is 1.46. The van der Waals surface area contributed by atoms with Crippen molar-refractivity contribution >= 4 is 10.8 Å². The van der Waals surface area contributed by atoms with Gasteiger partial charge >= 0.3 is 0 Å². The fraction of sp³-hybridized carbons (Fsp3) is 0.241. The van der Waals surface area contributed by atoms with Crippen molar-refractivity contribution in [3.8, 4) is 0 Å². The highest BCUT2D eigenvalue weighted by Crippen LogP contribution is 2.25. The summed E-state index contributed by atoms with van der Waals surface area (Å²) in [5, 5.41) is 1.13. The molecule has 0 saturated heterocycles. The third-order valence-corrected chi connectivity index (χ3v) is 6.22. The van der Waals surface area contributed by atoms with Crippen LogP contribution < -0.4 is 0 Å². The number of ether oxygens (including phenoxy) is 1. The molecule has 0 aliphatic carbocycles. The fourth-order valence-corrected chi connectivity index (χ4v) is 4.24. The van der Waals surface area contributed by atoms with Crippen LogP contribution in [0, 0.1) is 29.1 Å². The van der Waals surface area contributed by atoms with Crippen LogP contribution in [0.2, 0.25) is 0 Å². The van der Waals surface area contributed by atoms with Gasteiger partial charge in [-0.05, 0) is 84.0 Å². The maximum atomic E-state index is 15.1. The number of aryl methyl sites for hydroxylation is 3. The number of methoxy groups -OCH3 is 1. The molecule has 0 atom stereocenters. The second kappa shape index (κ2) is 11.0. The zero-order chi connectivity index (χ0) is 24.9. The van der Waals surface area contributed by atoms with Gasteiger partial charge in [-0.3, -0.25) is 0 Å². The fourth-order valence-electron chi connectivity index (χ4n) is 4.24. The van der Waals surface area contributed by atoms with E-state index in [9.17, 15) is 17.6 Å². The lowest BCUT2D eigenvalue weighted by atomic mass is 9.96. The normalized spacial score (nSPS) is 11.4. The van der Waals surface area contributed by atoms with E-state index in [-0.39, 0.29) is 17.8 Å². The van der Waals surface area contributed by atoms with Gasteiger partial charge in [-0.25, -0.2) is 22.0 Å². The summed E-state index contributed by atoms with van der Waals surface area (Å²) >= 11 is 0. The molecule has 0 aromatic heterocycles. The van der Waals surface area contributed by atoms with Gasteiger partial charge < -0.3 is 4.74 Å². The maximum Gasteiger partial charge on any atom is 0.159 e. The van der Waals surface area contributed by atoms with Crippen molar-refractivity contribution in [1.29, 1.82) is 0 Å². The Morgan fingerprint density at radius 3 is 1.94 bits per heavy atom. The van der Waals surface area contributed by atoms with E-state index < -0.39 is 23.3 Å². The molecule has 0 aliphatic rings. The molecule has 0 spiro atoms. The topological polar surface area (TPSA) is 9.23 Å². The van der Waals surface area contributed by atoms with Crippen molar-refractivity contribution in [3.05, 3.63) is 118 Å². The van der Waals surface area contributed by atoms with Crippen LogP contribution in [0.15, 0.2) is 60.7 Å². The first-order valence-corrected chi connectivity index (χ1v) is 11.5. The molecule has 4 aromatic rings. The molecule has 0 heterocycles. The molecule has 6 heteroatoms. The first kappa shape index (κ1) is 24.9. The molecule has 0 N–H and O–H groups in total. The van der Waals surface area contributed by atoms with Crippen molar-refractivity contribution < 1.29 is 26.7 Å². The molecule has 0 aliphatic heterocycles. The highest BCUT2D eigenvalue weighted by atomic mass is 19.2. The summed E-state index contributed by atoms with van der Waals surface area (Å²) in [6.07, 6.45) is 1.74. The van der Waals surface area contributed by atoms with Gasteiger partial charge in [0.1, 0.15) is 17.5 Å². The van der Waals surface area contributed by atoms with Crippen LogP contribution >= 0.6 is 0 Å². The lowest BCUT2D eigenvalue weighted by molar-refractivity contribution is 0.202. The average Bonchev–Trinajstić information content (AvgIpc) is 2.84. The monoisotopic (exact) mass is 484 g/mol. The van der Waals surface area contributed by atoms with E-state index in [0.29, 0.717) is 59.8 Å². The SMILES string of the molecule is COCCc1cc(F)c(CCc2ccc3c(F)c(CCc4ccc(F)c(F)c4)ccc3c2)c(F)c1. The van der Waals surface area contributed by atoms with E-state index >= 15 is 4.39 Å². The Bertz CT molecular complexity index is 1330. The van der Waals surface area contributed by atoms with Crippen LogP contribution in [0.1, 0.15) is 27.8 Å². The summed E-state index contributed by atoms with van der Waals surface area (Å²) in [6, 6.07) is 15.1. The highest BCUT2D eigenvalue weighted by molar-refractivity contribution is 5.84. The van der Waals surface area contributed by atoms with Crippen molar-refractivity contribution in [3.63, 3.8) is 0 Å². The van der Waals surface area contributed by atoms with E-state index in [2.05, 4.69) is 0 Å². The first-order valence-electron chi connectivity index (χ1n) is 11.5. The number of rotatable bonds is 9. The predicted molar refractivity (Wildman–Crippen MR) is 127 cm³/mol. The smallest absolute Gasteiger partial charge is 0.159 e. The molecule has 182 valence electrons. The Morgan fingerprint density at radius 1 is 0.571 bits per heavy atom. The predicted octanol–water partition coefficient (Wildman–Crippen LogP) is 7.29.